The van der Waals surface area contributed by atoms with Crippen LogP contribution in [0.15, 0.2) is 158 Å². The second-order valence-corrected chi connectivity index (χ2v) is 17.1. The maximum atomic E-state index is 2.42. The van der Waals surface area contributed by atoms with Crippen molar-refractivity contribution in [2.24, 2.45) is 0 Å². The Kier molecular flexibility index (Phi) is 8.29. The summed E-state index contributed by atoms with van der Waals surface area (Å²) in [5, 5.41) is 0. The van der Waals surface area contributed by atoms with Crippen LogP contribution in [0.1, 0.15) is 40.6 Å². The molecule has 6 aromatic rings. The summed E-state index contributed by atoms with van der Waals surface area (Å²) in [5.74, 6) is 0. The van der Waals surface area contributed by atoms with Crippen LogP contribution in [0.2, 0.25) is 0 Å². The van der Waals surface area contributed by atoms with E-state index in [2.05, 4.69) is 158 Å². The van der Waals surface area contributed by atoms with Gasteiger partial charge < -0.3 is 24.8 Å². The summed E-state index contributed by atoms with van der Waals surface area (Å²) in [5.41, 5.74) is 14.5. The molecular weight excluding hydrogens is 631 g/mol. The van der Waals surface area contributed by atoms with Crippen molar-refractivity contribution < 1.29 is 46.1 Å². The van der Waals surface area contributed by atoms with E-state index in [9.17, 15) is 0 Å². The molecule has 0 amide bonds. The first-order chi connectivity index (χ1) is 19.9. The van der Waals surface area contributed by atoms with E-state index >= 15 is 0 Å². The van der Waals surface area contributed by atoms with Crippen molar-refractivity contribution in [1.82, 2.24) is 0 Å². The van der Waals surface area contributed by atoms with Gasteiger partial charge in [-0.05, 0) is 0 Å². The molecule has 202 valence electrons. The van der Waals surface area contributed by atoms with Gasteiger partial charge in [0.2, 0.25) is 0 Å². The molecule has 0 saturated carbocycles. The van der Waals surface area contributed by atoms with Crippen LogP contribution in [0.5, 0.6) is 0 Å². The molecule has 0 aliphatic heterocycles. The Morgan fingerprint density at radius 1 is 0.333 bits per heavy atom. The summed E-state index contributed by atoms with van der Waals surface area (Å²) in [6, 6.07) is 59.4. The second-order valence-electron chi connectivity index (χ2n) is 10.8. The van der Waals surface area contributed by atoms with Crippen LogP contribution in [0.3, 0.4) is 0 Å². The van der Waals surface area contributed by atoms with Crippen molar-refractivity contribution in [2.45, 2.75) is 7.25 Å². The molecular formula is C39H28Cl2Zr. The molecule has 0 atom stereocenters. The van der Waals surface area contributed by atoms with Gasteiger partial charge >= 0.3 is 245 Å². The Morgan fingerprint density at radius 3 is 0.905 bits per heavy atom. The average molecular weight is 659 g/mol. The molecule has 3 heteroatoms. The summed E-state index contributed by atoms with van der Waals surface area (Å²) in [6.45, 7) is 0. The summed E-state index contributed by atoms with van der Waals surface area (Å²) in [4.78, 5) is 0. The van der Waals surface area contributed by atoms with Crippen molar-refractivity contribution >= 4 is 3.21 Å². The van der Waals surface area contributed by atoms with E-state index in [1.54, 1.807) is 3.21 Å². The molecule has 42 heavy (non-hydrogen) atoms. The zero-order chi connectivity index (χ0) is 26.5. The molecule has 0 saturated heterocycles. The number of benzene rings is 6. The summed E-state index contributed by atoms with van der Waals surface area (Å²) < 4.78 is 2.43. The minimum atomic E-state index is -2.82. The van der Waals surface area contributed by atoms with E-state index in [0.29, 0.717) is 7.25 Å². The van der Waals surface area contributed by atoms with E-state index < -0.39 is 21.3 Å². The third kappa shape index (κ3) is 4.60. The molecule has 6 aromatic carbocycles. The minimum absolute atomic E-state index is 0. The van der Waals surface area contributed by atoms with Crippen molar-refractivity contribution in [1.29, 1.82) is 0 Å². The predicted octanol–water partition coefficient (Wildman–Crippen LogP) is 3.42. The Labute approximate surface area is 268 Å². The van der Waals surface area contributed by atoms with Crippen LogP contribution < -0.4 is 24.8 Å². The van der Waals surface area contributed by atoms with Crippen LogP contribution in [0.25, 0.3) is 22.3 Å². The third-order valence-corrected chi connectivity index (χ3v) is 17.7. The van der Waals surface area contributed by atoms with E-state index in [1.165, 1.54) is 55.6 Å². The van der Waals surface area contributed by atoms with Crippen molar-refractivity contribution in [3.8, 4) is 22.3 Å². The molecule has 0 unspecified atom stereocenters. The van der Waals surface area contributed by atoms with Crippen LogP contribution in [0.4, 0.5) is 0 Å². The Balaban J connectivity index is 0.00000158. The Bertz CT molecular complexity index is 1680. The van der Waals surface area contributed by atoms with Gasteiger partial charge in [0.05, 0.1) is 0 Å². The Morgan fingerprint density at radius 2 is 0.595 bits per heavy atom. The van der Waals surface area contributed by atoms with Gasteiger partial charge in [-0.3, -0.25) is 0 Å². The number of halogens is 2. The third-order valence-electron chi connectivity index (χ3n) is 8.70. The standard InChI is InChI=1S/2C13H9.C13H10.2ClH.Zr/c2*1-3-7-12-10(5-1)9-11-6-2-4-8-13(11)12;1-3-7-12(8-4-1)11-13-9-5-2-6-10-13;;;/h2*1-9H;1-10H;2*1H;/q;;;;;+2/p-2. The molecule has 0 radical (unpaired) electrons. The monoisotopic (exact) mass is 656 g/mol. The fourth-order valence-electron chi connectivity index (χ4n) is 7.15. The quantitative estimate of drug-likeness (QED) is 0.273. The molecule has 8 rings (SSSR count). The average Bonchev–Trinajstić information content (AvgIpc) is 3.54. The fourth-order valence-corrected chi connectivity index (χ4v) is 17.6. The van der Waals surface area contributed by atoms with Crippen LogP contribution in [-0.4, -0.2) is 3.21 Å². The maximum absolute atomic E-state index is 2.82. The van der Waals surface area contributed by atoms with Crippen molar-refractivity contribution in [3.05, 3.63) is 191 Å². The van der Waals surface area contributed by atoms with Gasteiger partial charge in [0, 0.05) is 0 Å². The zero-order valence-corrected chi connectivity index (χ0v) is 26.9. The number of hydrogen-bond acceptors (Lipinski definition) is 0. The Hall–Kier alpha value is -3.35. The SMILES string of the molecule is [Cl-].[Cl-].c1ccc([C](c2ccccc2)=[Zr+2]([CH]2c3ccccc3-c3ccccc32)[CH]2c3ccccc3-c3ccccc32)cc1. The zero-order valence-electron chi connectivity index (χ0n) is 22.9. The summed E-state index contributed by atoms with van der Waals surface area (Å²) in [7, 11) is 0. The molecule has 0 bridgehead atoms. The molecule has 0 spiro atoms. The van der Waals surface area contributed by atoms with Gasteiger partial charge in [0.25, 0.3) is 0 Å². The number of fused-ring (bicyclic) bond motifs is 6. The molecule has 0 heterocycles. The first kappa shape index (κ1) is 28.8. The van der Waals surface area contributed by atoms with Gasteiger partial charge in [-0.15, -0.1) is 0 Å². The van der Waals surface area contributed by atoms with E-state index in [1.807, 2.05) is 0 Å². The fraction of sp³-hybridized carbons (Fsp3) is 0.0513. The van der Waals surface area contributed by atoms with Crippen molar-refractivity contribution in [3.63, 3.8) is 0 Å². The van der Waals surface area contributed by atoms with Gasteiger partial charge in [0.15, 0.2) is 0 Å². The van der Waals surface area contributed by atoms with Gasteiger partial charge in [-0.2, -0.15) is 0 Å². The summed E-state index contributed by atoms with van der Waals surface area (Å²) in [6.07, 6.45) is 0. The van der Waals surface area contributed by atoms with Gasteiger partial charge in [0.1, 0.15) is 0 Å². The number of rotatable bonds is 4. The van der Waals surface area contributed by atoms with Crippen LogP contribution in [0, 0.1) is 0 Å². The first-order valence-electron chi connectivity index (χ1n) is 14.1. The molecule has 0 N–H and O–H groups in total. The predicted molar refractivity (Wildman–Crippen MR) is 164 cm³/mol. The summed E-state index contributed by atoms with van der Waals surface area (Å²) >= 11 is -2.82. The second kappa shape index (κ2) is 12.1. The van der Waals surface area contributed by atoms with Gasteiger partial charge in [-0.25, -0.2) is 0 Å². The molecule has 2 aliphatic rings. The van der Waals surface area contributed by atoms with Crippen LogP contribution >= 0.6 is 0 Å². The first-order valence-corrected chi connectivity index (χ1v) is 18.2. The molecule has 0 nitrogen and oxygen atoms in total. The topological polar surface area (TPSA) is 0 Å². The molecule has 0 fully saturated rings. The molecule has 0 aromatic heterocycles. The van der Waals surface area contributed by atoms with Gasteiger partial charge in [-0.1, -0.05) is 0 Å². The van der Waals surface area contributed by atoms with E-state index in [4.69, 9.17) is 0 Å². The van der Waals surface area contributed by atoms with E-state index in [-0.39, 0.29) is 24.8 Å². The van der Waals surface area contributed by atoms with E-state index in [0.717, 1.165) is 0 Å². The van der Waals surface area contributed by atoms with Crippen molar-refractivity contribution in [2.75, 3.05) is 0 Å². The molecule has 2 aliphatic carbocycles. The van der Waals surface area contributed by atoms with Crippen LogP contribution in [-0.2, 0) is 21.3 Å². The number of hydrogen-bond donors (Lipinski definition) is 0. The normalized spacial score (nSPS) is 12.5.